The highest BCUT2D eigenvalue weighted by Crippen LogP contribution is 2.23. The molecule has 0 bridgehead atoms. The molecule has 2 aromatic rings. The van der Waals surface area contributed by atoms with Gasteiger partial charge in [-0.25, -0.2) is 4.98 Å². The summed E-state index contributed by atoms with van der Waals surface area (Å²) in [5, 5.41) is 11.7. The number of hydrogen-bond acceptors (Lipinski definition) is 3. The molecule has 0 saturated heterocycles. The Bertz CT molecular complexity index is 508. The van der Waals surface area contributed by atoms with Gasteiger partial charge in [0.15, 0.2) is 0 Å². The fraction of sp³-hybridized carbons (Fsp3) is 0.231. The van der Waals surface area contributed by atoms with E-state index < -0.39 is 11.9 Å². The van der Waals surface area contributed by atoms with Crippen molar-refractivity contribution >= 4 is 17.3 Å². The maximum Gasteiger partial charge on any atom is 0.313 e. The van der Waals surface area contributed by atoms with Crippen LogP contribution in [0.4, 0.5) is 0 Å². The van der Waals surface area contributed by atoms with Gasteiger partial charge < -0.3 is 5.11 Å². The second kappa shape index (κ2) is 5.10. The molecule has 1 unspecified atom stereocenters. The smallest absolute Gasteiger partial charge is 0.313 e. The highest BCUT2D eigenvalue weighted by Gasteiger charge is 2.22. The molecule has 0 saturated carbocycles. The molecule has 0 aliphatic rings. The van der Waals surface area contributed by atoms with Gasteiger partial charge in [-0.3, -0.25) is 4.79 Å². The van der Waals surface area contributed by atoms with Crippen LogP contribution in [0.15, 0.2) is 35.8 Å². The number of aryl methyl sites for hydroxylation is 1. The number of aromatic nitrogens is 1. The number of carboxylic acids is 1. The minimum atomic E-state index is -0.818. The molecular weight excluding hydrogens is 234 g/mol. The van der Waals surface area contributed by atoms with Crippen molar-refractivity contribution in [1.82, 2.24) is 4.98 Å². The molecule has 1 aromatic carbocycles. The van der Waals surface area contributed by atoms with E-state index in [-0.39, 0.29) is 0 Å². The van der Waals surface area contributed by atoms with Crippen molar-refractivity contribution in [2.24, 2.45) is 0 Å². The molecule has 4 heteroatoms. The van der Waals surface area contributed by atoms with Gasteiger partial charge in [-0.15, -0.1) is 11.3 Å². The number of hydrogen-bond donors (Lipinski definition) is 1. The Kier molecular flexibility index (Phi) is 3.54. The van der Waals surface area contributed by atoms with Crippen molar-refractivity contribution < 1.29 is 9.90 Å². The van der Waals surface area contributed by atoms with Crippen LogP contribution >= 0.6 is 11.3 Å². The summed E-state index contributed by atoms with van der Waals surface area (Å²) in [7, 11) is 0. The Morgan fingerprint density at radius 1 is 1.53 bits per heavy atom. The zero-order valence-electron chi connectivity index (χ0n) is 9.46. The summed E-state index contributed by atoms with van der Waals surface area (Å²) < 4.78 is 0. The lowest BCUT2D eigenvalue weighted by Crippen LogP contribution is -2.14. The topological polar surface area (TPSA) is 50.2 Å². The van der Waals surface area contributed by atoms with E-state index in [2.05, 4.69) is 4.98 Å². The molecule has 17 heavy (non-hydrogen) atoms. The molecule has 0 aliphatic carbocycles. The van der Waals surface area contributed by atoms with Crippen LogP contribution in [0, 0.1) is 6.92 Å². The van der Waals surface area contributed by atoms with Crippen molar-refractivity contribution in [3.05, 3.63) is 52.0 Å². The first-order chi connectivity index (χ1) is 8.16. The first kappa shape index (κ1) is 11.8. The maximum absolute atomic E-state index is 11.3. The van der Waals surface area contributed by atoms with Crippen LogP contribution in [0.25, 0.3) is 0 Å². The summed E-state index contributed by atoms with van der Waals surface area (Å²) in [6.07, 6.45) is 2.14. The summed E-state index contributed by atoms with van der Waals surface area (Å²) in [5.41, 5.74) is 2.18. The first-order valence-electron chi connectivity index (χ1n) is 5.34. The third-order valence-corrected chi connectivity index (χ3v) is 3.46. The van der Waals surface area contributed by atoms with Crippen molar-refractivity contribution in [2.45, 2.75) is 19.3 Å². The van der Waals surface area contributed by atoms with Crippen LogP contribution in [0.2, 0.25) is 0 Å². The zero-order chi connectivity index (χ0) is 12.3. The molecule has 1 aromatic heterocycles. The highest BCUT2D eigenvalue weighted by molar-refractivity contribution is 7.09. The van der Waals surface area contributed by atoms with Crippen molar-refractivity contribution in [3.63, 3.8) is 0 Å². The predicted octanol–water partition coefficient (Wildman–Crippen LogP) is 2.86. The van der Waals surface area contributed by atoms with Crippen molar-refractivity contribution in [2.75, 3.05) is 0 Å². The standard InChI is InChI=1S/C13H13NO2S/c1-9-3-2-4-10(7-9)8-11(13(15)16)12-14-5-6-17-12/h2-7,11H,8H2,1H3,(H,15,16). The van der Waals surface area contributed by atoms with Crippen LogP contribution in [0.3, 0.4) is 0 Å². The largest absolute Gasteiger partial charge is 0.481 e. The number of thiazole rings is 1. The SMILES string of the molecule is Cc1cccc(CC(C(=O)O)c2nccs2)c1. The summed E-state index contributed by atoms with van der Waals surface area (Å²) in [5.74, 6) is -1.36. The van der Waals surface area contributed by atoms with Crippen LogP contribution in [-0.4, -0.2) is 16.1 Å². The van der Waals surface area contributed by atoms with Crippen LogP contribution in [0.1, 0.15) is 22.1 Å². The van der Waals surface area contributed by atoms with Gasteiger partial charge in [0.1, 0.15) is 10.9 Å². The second-order valence-electron chi connectivity index (χ2n) is 3.95. The summed E-state index contributed by atoms with van der Waals surface area (Å²) >= 11 is 1.39. The van der Waals surface area contributed by atoms with E-state index in [1.54, 1.807) is 6.20 Å². The number of nitrogens with zero attached hydrogens (tertiary/aromatic N) is 1. The highest BCUT2D eigenvalue weighted by atomic mass is 32.1. The molecule has 1 heterocycles. The van der Waals surface area contributed by atoms with E-state index in [4.69, 9.17) is 0 Å². The van der Waals surface area contributed by atoms with E-state index in [9.17, 15) is 9.90 Å². The molecule has 3 nitrogen and oxygen atoms in total. The monoisotopic (exact) mass is 247 g/mol. The number of benzene rings is 1. The van der Waals surface area contributed by atoms with E-state index >= 15 is 0 Å². The van der Waals surface area contributed by atoms with Gasteiger partial charge in [0.25, 0.3) is 0 Å². The predicted molar refractivity (Wildman–Crippen MR) is 67.4 cm³/mol. The van der Waals surface area contributed by atoms with Crippen LogP contribution in [-0.2, 0) is 11.2 Å². The number of aliphatic carboxylic acids is 1. The Hall–Kier alpha value is -1.68. The minimum Gasteiger partial charge on any atom is -0.481 e. The second-order valence-corrected chi connectivity index (χ2v) is 4.88. The molecule has 0 fully saturated rings. The Morgan fingerprint density at radius 3 is 2.94 bits per heavy atom. The zero-order valence-corrected chi connectivity index (χ0v) is 10.3. The quantitative estimate of drug-likeness (QED) is 0.903. The molecule has 0 aliphatic heterocycles. The molecular formula is C13H13NO2S. The molecule has 1 N–H and O–H groups in total. The average molecular weight is 247 g/mol. The molecule has 2 rings (SSSR count). The lowest BCUT2D eigenvalue weighted by molar-refractivity contribution is -0.138. The minimum absolute atomic E-state index is 0.491. The van der Waals surface area contributed by atoms with Crippen molar-refractivity contribution in [1.29, 1.82) is 0 Å². The van der Waals surface area contributed by atoms with E-state index in [1.165, 1.54) is 11.3 Å². The van der Waals surface area contributed by atoms with Gasteiger partial charge in [-0.1, -0.05) is 29.8 Å². The fourth-order valence-electron chi connectivity index (χ4n) is 1.76. The van der Waals surface area contributed by atoms with Gasteiger partial charge >= 0.3 is 5.97 Å². The molecule has 0 amide bonds. The number of carbonyl (C=O) groups is 1. The summed E-state index contributed by atoms with van der Waals surface area (Å²) in [6.45, 7) is 2.00. The van der Waals surface area contributed by atoms with Crippen LogP contribution in [0.5, 0.6) is 0 Å². The lowest BCUT2D eigenvalue weighted by Gasteiger charge is -2.09. The van der Waals surface area contributed by atoms with Gasteiger partial charge in [0, 0.05) is 11.6 Å². The van der Waals surface area contributed by atoms with Gasteiger partial charge in [0.2, 0.25) is 0 Å². The third-order valence-electron chi connectivity index (χ3n) is 2.57. The van der Waals surface area contributed by atoms with E-state index in [0.717, 1.165) is 11.1 Å². The molecule has 0 radical (unpaired) electrons. The van der Waals surface area contributed by atoms with Crippen molar-refractivity contribution in [3.8, 4) is 0 Å². The van der Waals surface area contributed by atoms with Gasteiger partial charge in [0.05, 0.1) is 0 Å². The Balaban J connectivity index is 2.22. The molecule has 88 valence electrons. The third kappa shape index (κ3) is 2.91. The van der Waals surface area contributed by atoms with E-state index in [1.807, 2.05) is 36.6 Å². The summed E-state index contributed by atoms with van der Waals surface area (Å²) in [4.78, 5) is 15.3. The average Bonchev–Trinajstić information content (AvgIpc) is 2.78. The normalized spacial score (nSPS) is 12.3. The lowest BCUT2D eigenvalue weighted by atomic mass is 9.99. The fourth-order valence-corrected chi connectivity index (χ4v) is 2.49. The number of rotatable bonds is 4. The maximum atomic E-state index is 11.3. The summed E-state index contributed by atoms with van der Waals surface area (Å²) in [6, 6.07) is 7.92. The first-order valence-corrected chi connectivity index (χ1v) is 6.22. The Labute approximate surface area is 104 Å². The Morgan fingerprint density at radius 2 is 2.35 bits per heavy atom. The van der Waals surface area contributed by atoms with Crippen LogP contribution < -0.4 is 0 Å². The molecule has 1 atom stereocenters. The van der Waals surface area contributed by atoms with E-state index in [0.29, 0.717) is 11.4 Å². The van der Waals surface area contributed by atoms with Gasteiger partial charge in [-0.2, -0.15) is 0 Å². The number of carboxylic acid groups (broad SMARTS) is 1. The van der Waals surface area contributed by atoms with Gasteiger partial charge in [-0.05, 0) is 18.9 Å². The molecule has 0 spiro atoms.